The van der Waals surface area contributed by atoms with Gasteiger partial charge in [-0.3, -0.25) is 10.00 Å². The molecule has 8 nitrogen and oxygen atoms in total. The number of nitrogens with one attached hydrogen (secondary N) is 1. The molecule has 1 N–H and O–H groups in total. The summed E-state index contributed by atoms with van der Waals surface area (Å²) in [6.45, 7) is 8.41. The summed E-state index contributed by atoms with van der Waals surface area (Å²) in [6.07, 6.45) is 1.55. The molecule has 1 saturated heterocycles. The Morgan fingerprint density at radius 3 is 2.71 bits per heavy atom. The van der Waals surface area contributed by atoms with Crippen LogP contribution in [-0.4, -0.2) is 60.9 Å². The molecule has 24 heavy (non-hydrogen) atoms. The number of fused-ring (bicyclic) bond motifs is 1. The summed E-state index contributed by atoms with van der Waals surface area (Å²) in [7, 11) is 0. The Morgan fingerprint density at radius 2 is 2.00 bits per heavy atom. The number of hydrogen-bond acceptors (Lipinski definition) is 6. The SMILES string of the molecule is Cc1cc(N2CCN(Cc3n[nH]c(C)c3Cl)CC2)n2ncnc2n1. The van der Waals surface area contributed by atoms with Crippen LogP contribution in [0.5, 0.6) is 0 Å². The molecule has 0 aliphatic carbocycles. The number of anilines is 1. The van der Waals surface area contributed by atoms with Crippen LogP contribution in [0.2, 0.25) is 5.02 Å². The minimum atomic E-state index is 0.645. The second-order valence-corrected chi connectivity index (χ2v) is 6.48. The molecular formula is C15H19ClN8. The molecule has 1 fully saturated rings. The monoisotopic (exact) mass is 346 g/mol. The molecule has 3 aromatic heterocycles. The van der Waals surface area contributed by atoms with Crippen molar-refractivity contribution in [2.24, 2.45) is 0 Å². The number of nitrogens with zero attached hydrogens (tertiary/aromatic N) is 7. The van der Waals surface area contributed by atoms with E-state index in [1.165, 1.54) is 0 Å². The average Bonchev–Trinajstić information content (AvgIpc) is 3.16. The number of H-pyrrole nitrogens is 1. The summed E-state index contributed by atoms with van der Waals surface area (Å²) in [5, 5.41) is 12.3. The van der Waals surface area contributed by atoms with E-state index in [4.69, 9.17) is 11.6 Å². The molecule has 4 heterocycles. The molecule has 3 aromatic rings. The van der Waals surface area contributed by atoms with Gasteiger partial charge in [-0.15, -0.1) is 0 Å². The van der Waals surface area contributed by atoms with E-state index < -0.39 is 0 Å². The van der Waals surface area contributed by atoms with Crippen molar-refractivity contribution in [3.8, 4) is 0 Å². The van der Waals surface area contributed by atoms with Gasteiger partial charge in [-0.2, -0.15) is 19.7 Å². The smallest absolute Gasteiger partial charge is 0.254 e. The molecule has 4 rings (SSSR count). The average molecular weight is 347 g/mol. The van der Waals surface area contributed by atoms with E-state index in [2.05, 4.69) is 41.1 Å². The first-order chi connectivity index (χ1) is 11.6. The number of halogens is 1. The summed E-state index contributed by atoms with van der Waals surface area (Å²) in [5.74, 6) is 1.69. The Balaban J connectivity index is 1.47. The van der Waals surface area contributed by atoms with Crippen LogP contribution in [0.25, 0.3) is 5.78 Å². The number of hydrogen-bond donors (Lipinski definition) is 1. The fraction of sp³-hybridized carbons (Fsp3) is 0.467. The van der Waals surface area contributed by atoms with Crippen LogP contribution in [0.1, 0.15) is 17.1 Å². The topological polar surface area (TPSA) is 78.2 Å². The molecule has 0 amide bonds. The van der Waals surface area contributed by atoms with Gasteiger partial charge in [0.2, 0.25) is 0 Å². The highest BCUT2D eigenvalue weighted by Crippen LogP contribution is 2.21. The second kappa shape index (κ2) is 6.03. The van der Waals surface area contributed by atoms with Crippen molar-refractivity contribution in [2.45, 2.75) is 20.4 Å². The van der Waals surface area contributed by atoms with E-state index >= 15 is 0 Å². The molecule has 0 radical (unpaired) electrons. The normalized spacial score (nSPS) is 16.2. The largest absolute Gasteiger partial charge is 0.354 e. The molecule has 0 saturated carbocycles. The van der Waals surface area contributed by atoms with Crippen molar-refractivity contribution < 1.29 is 0 Å². The molecule has 0 unspecified atom stereocenters. The van der Waals surface area contributed by atoms with Gasteiger partial charge in [0, 0.05) is 44.5 Å². The van der Waals surface area contributed by atoms with Crippen LogP contribution in [0.15, 0.2) is 12.4 Å². The number of piperazine rings is 1. The van der Waals surface area contributed by atoms with Gasteiger partial charge in [-0.05, 0) is 13.8 Å². The summed E-state index contributed by atoms with van der Waals surface area (Å²) in [4.78, 5) is 13.3. The number of aryl methyl sites for hydroxylation is 2. The van der Waals surface area contributed by atoms with E-state index in [0.717, 1.165) is 60.6 Å². The summed E-state index contributed by atoms with van der Waals surface area (Å²) in [5.41, 5.74) is 2.79. The third-order valence-corrected chi connectivity index (χ3v) is 4.87. The Morgan fingerprint density at radius 1 is 1.21 bits per heavy atom. The van der Waals surface area contributed by atoms with Crippen molar-refractivity contribution >= 4 is 23.2 Å². The molecule has 0 aromatic carbocycles. The number of aromatic nitrogens is 6. The van der Waals surface area contributed by atoms with Gasteiger partial charge in [0.05, 0.1) is 16.4 Å². The summed E-state index contributed by atoms with van der Waals surface area (Å²) < 4.78 is 1.80. The third kappa shape index (κ3) is 2.71. The molecule has 0 atom stereocenters. The van der Waals surface area contributed by atoms with Crippen molar-refractivity contribution in [2.75, 3.05) is 31.1 Å². The van der Waals surface area contributed by atoms with E-state index in [1.54, 1.807) is 10.8 Å². The predicted molar refractivity (Wildman–Crippen MR) is 91.3 cm³/mol. The Hall–Kier alpha value is -2.19. The maximum Gasteiger partial charge on any atom is 0.254 e. The highest BCUT2D eigenvalue weighted by molar-refractivity contribution is 6.31. The van der Waals surface area contributed by atoms with Gasteiger partial charge < -0.3 is 4.90 Å². The number of aromatic amines is 1. The lowest BCUT2D eigenvalue weighted by atomic mass is 10.2. The van der Waals surface area contributed by atoms with Gasteiger partial charge in [-0.1, -0.05) is 11.6 Å². The van der Waals surface area contributed by atoms with Crippen LogP contribution in [-0.2, 0) is 6.54 Å². The predicted octanol–water partition coefficient (Wildman–Crippen LogP) is 1.44. The fourth-order valence-corrected chi connectivity index (χ4v) is 3.20. The van der Waals surface area contributed by atoms with Crippen molar-refractivity contribution in [1.82, 2.24) is 34.7 Å². The lowest BCUT2D eigenvalue weighted by Gasteiger charge is -2.35. The second-order valence-electron chi connectivity index (χ2n) is 6.10. The first kappa shape index (κ1) is 15.3. The van der Waals surface area contributed by atoms with Crippen molar-refractivity contribution in [1.29, 1.82) is 0 Å². The lowest BCUT2D eigenvalue weighted by Crippen LogP contribution is -2.46. The summed E-state index contributed by atoms with van der Waals surface area (Å²) in [6, 6.07) is 2.06. The van der Waals surface area contributed by atoms with Crippen LogP contribution in [0, 0.1) is 13.8 Å². The van der Waals surface area contributed by atoms with E-state index in [0.29, 0.717) is 5.78 Å². The zero-order valence-corrected chi connectivity index (χ0v) is 14.5. The highest BCUT2D eigenvalue weighted by Gasteiger charge is 2.22. The standard InChI is InChI=1S/C15H19ClN8/c1-10-7-13(24-15(19-10)17-9-18-24)23-5-3-22(4-6-23)8-12-14(16)11(2)20-21-12/h7,9H,3-6,8H2,1-2H3,(H,20,21). The van der Waals surface area contributed by atoms with Crippen LogP contribution in [0.4, 0.5) is 5.82 Å². The van der Waals surface area contributed by atoms with Gasteiger partial charge >= 0.3 is 0 Å². The first-order valence-electron chi connectivity index (χ1n) is 7.96. The van der Waals surface area contributed by atoms with E-state index in [-0.39, 0.29) is 0 Å². The van der Waals surface area contributed by atoms with Crippen LogP contribution < -0.4 is 4.90 Å². The fourth-order valence-electron chi connectivity index (χ4n) is 3.05. The minimum absolute atomic E-state index is 0.645. The highest BCUT2D eigenvalue weighted by atomic mass is 35.5. The van der Waals surface area contributed by atoms with Crippen molar-refractivity contribution in [3.63, 3.8) is 0 Å². The van der Waals surface area contributed by atoms with Crippen LogP contribution in [0.3, 0.4) is 0 Å². The molecule has 1 aliphatic heterocycles. The number of rotatable bonds is 3. The summed E-state index contributed by atoms with van der Waals surface area (Å²) >= 11 is 6.27. The lowest BCUT2D eigenvalue weighted by molar-refractivity contribution is 0.246. The molecule has 9 heteroatoms. The van der Waals surface area contributed by atoms with Crippen molar-refractivity contribution in [3.05, 3.63) is 34.5 Å². The van der Waals surface area contributed by atoms with E-state index in [1.807, 2.05) is 13.8 Å². The molecule has 1 aliphatic rings. The zero-order chi connectivity index (χ0) is 16.7. The van der Waals surface area contributed by atoms with Gasteiger partial charge in [0.1, 0.15) is 12.1 Å². The molecule has 0 spiro atoms. The third-order valence-electron chi connectivity index (χ3n) is 4.37. The first-order valence-corrected chi connectivity index (χ1v) is 8.33. The quantitative estimate of drug-likeness (QED) is 0.773. The van der Waals surface area contributed by atoms with E-state index in [9.17, 15) is 0 Å². The Bertz CT molecular complexity index is 862. The van der Waals surface area contributed by atoms with Gasteiger partial charge in [0.15, 0.2) is 0 Å². The minimum Gasteiger partial charge on any atom is -0.354 e. The molecule has 126 valence electrons. The van der Waals surface area contributed by atoms with Gasteiger partial charge in [0.25, 0.3) is 5.78 Å². The van der Waals surface area contributed by atoms with Gasteiger partial charge in [-0.25, -0.2) is 4.98 Å². The maximum absolute atomic E-state index is 6.27. The Labute approximate surface area is 144 Å². The van der Waals surface area contributed by atoms with Crippen LogP contribution >= 0.6 is 11.6 Å². The Kier molecular flexibility index (Phi) is 3.85. The zero-order valence-electron chi connectivity index (χ0n) is 13.7. The molecule has 0 bridgehead atoms. The molecular weight excluding hydrogens is 328 g/mol. The maximum atomic E-state index is 6.27.